The maximum atomic E-state index is 4.13. The van der Waals surface area contributed by atoms with Gasteiger partial charge in [0.25, 0.3) is 0 Å². The van der Waals surface area contributed by atoms with Crippen molar-refractivity contribution >= 4 is 27.8 Å². The Morgan fingerprint density at radius 1 is 1.33 bits per heavy atom. The van der Waals surface area contributed by atoms with Gasteiger partial charge in [0, 0.05) is 16.5 Å². The molecule has 1 N–H and O–H groups in total. The average molecular weight is 196 g/mol. The third kappa shape index (κ3) is 1.84. The fourth-order valence-electron chi connectivity index (χ4n) is 0.887. The van der Waals surface area contributed by atoms with E-state index in [9.17, 15) is 0 Å². The van der Waals surface area contributed by atoms with E-state index in [0.29, 0.717) is 0 Å². The van der Waals surface area contributed by atoms with Crippen molar-refractivity contribution in [3.63, 3.8) is 0 Å². The molecular weight excluding hydrogens is 188 g/mol. The molecule has 4 heteroatoms. The second-order valence-electron chi connectivity index (χ2n) is 2.27. The zero-order valence-corrected chi connectivity index (χ0v) is 7.99. The first-order chi connectivity index (χ1) is 5.95. The number of thiazole rings is 1. The number of thiophene rings is 1. The van der Waals surface area contributed by atoms with Gasteiger partial charge >= 0.3 is 0 Å². The molecule has 0 aliphatic rings. The summed E-state index contributed by atoms with van der Waals surface area (Å²) in [6.07, 6.45) is 1.81. The second-order valence-corrected chi connectivity index (χ2v) is 4.20. The first kappa shape index (κ1) is 7.76. The van der Waals surface area contributed by atoms with Crippen molar-refractivity contribution in [2.75, 3.05) is 5.32 Å². The smallest absolute Gasteiger partial charge is 0.182 e. The Hall–Kier alpha value is -0.870. The molecule has 0 fully saturated rings. The number of hydrogen-bond acceptors (Lipinski definition) is 4. The standard InChI is InChI=1S/C8H8N2S2/c1-2-7(11-4-1)6-10-8-9-3-5-12-8/h1-5H,6H2,(H,9,10). The van der Waals surface area contributed by atoms with Crippen LogP contribution in [-0.4, -0.2) is 4.98 Å². The van der Waals surface area contributed by atoms with Gasteiger partial charge in [-0.1, -0.05) is 6.07 Å². The van der Waals surface area contributed by atoms with Gasteiger partial charge in [-0.2, -0.15) is 0 Å². The van der Waals surface area contributed by atoms with Crippen LogP contribution in [0.1, 0.15) is 4.88 Å². The number of hydrogen-bond donors (Lipinski definition) is 1. The summed E-state index contributed by atoms with van der Waals surface area (Å²) in [7, 11) is 0. The quantitative estimate of drug-likeness (QED) is 0.816. The summed E-state index contributed by atoms with van der Waals surface area (Å²) in [5.74, 6) is 0. The van der Waals surface area contributed by atoms with E-state index in [1.807, 2.05) is 5.38 Å². The predicted octanol–water partition coefficient (Wildman–Crippen LogP) is 2.82. The number of nitrogens with zero attached hydrogens (tertiary/aromatic N) is 1. The van der Waals surface area contributed by atoms with Crippen molar-refractivity contribution < 1.29 is 0 Å². The molecule has 0 aromatic carbocycles. The second kappa shape index (κ2) is 3.69. The molecular formula is C8H8N2S2. The zero-order valence-electron chi connectivity index (χ0n) is 6.36. The molecule has 12 heavy (non-hydrogen) atoms. The van der Waals surface area contributed by atoms with Crippen LogP contribution < -0.4 is 5.32 Å². The Morgan fingerprint density at radius 2 is 2.33 bits per heavy atom. The van der Waals surface area contributed by atoms with E-state index < -0.39 is 0 Å². The SMILES string of the molecule is c1csc(CNc2nccs2)c1. The number of aromatic nitrogens is 1. The predicted molar refractivity (Wildman–Crippen MR) is 53.8 cm³/mol. The van der Waals surface area contributed by atoms with Crippen molar-refractivity contribution in [3.05, 3.63) is 34.0 Å². The van der Waals surface area contributed by atoms with E-state index in [1.165, 1.54) is 4.88 Å². The highest BCUT2D eigenvalue weighted by Gasteiger charge is 1.94. The van der Waals surface area contributed by atoms with E-state index in [1.54, 1.807) is 28.9 Å². The van der Waals surface area contributed by atoms with Crippen LogP contribution in [0.3, 0.4) is 0 Å². The summed E-state index contributed by atoms with van der Waals surface area (Å²) in [5, 5.41) is 8.29. The minimum absolute atomic E-state index is 0.880. The molecule has 2 nitrogen and oxygen atoms in total. The van der Waals surface area contributed by atoms with Gasteiger partial charge in [0.1, 0.15) is 0 Å². The Kier molecular flexibility index (Phi) is 2.39. The minimum atomic E-state index is 0.880. The molecule has 2 aromatic rings. The first-order valence-corrected chi connectivity index (χ1v) is 5.37. The van der Waals surface area contributed by atoms with E-state index in [-0.39, 0.29) is 0 Å². The molecule has 0 unspecified atom stereocenters. The van der Waals surface area contributed by atoms with Crippen LogP contribution in [0.5, 0.6) is 0 Å². The highest BCUT2D eigenvalue weighted by atomic mass is 32.1. The highest BCUT2D eigenvalue weighted by molar-refractivity contribution is 7.13. The lowest BCUT2D eigenvalue weighted by Crippen LogP contribution is -1.95. The fourth-order valence-corrected chi connectivity index (χ4v) is 2.06. The minimum Gasteiger partial charge on any atom is -0.357 e. The molecule has 2 heterocycles. The number of anilines is 1. The molecule has 0 aliphatic heterocycles. The summed E-state index contributed by atoms with van der Waals surface area (Å²) in [6.45, 7) is 0.880. The topological polar surface area (TPSA) is 24.9 Å². The molecule has 0 amide bonds. The molecule has 2 rings (SSSR count). The monoisotopic (exact) mass is 196 g/mol. The van der Waals surface area contributed by atoms with E-state index in [2.05, 4.69) is 27.8 Å². The van der Waals surface area contributed by atoms with Gasteiger partial charge in [-0.25, -0.2) is 4.98 Å². The normalized spacial score (nSPS) is 10.0. The van der Waals surface area contributed by atoms with E-state index >= 15 is 0 Å². The maximum Gasteiger partial charge on any atom is 0.182 e. The van der Waals surface area contributed by atoms with Crippen molar-refractivity contribution in [3.8, 4) is 0 Å². The fraction of sp³-hybridized carbons (Fsp3) is 0.125. The summed E-state index contributed by atoms with van der Waals surface area (Å²) in [6, 6.07) is 4.18. The third-order valence-electron chi connectivity index (χ3n) is 1.43. The molecule has 0 atom stereocenters. The van der Waals surface area contributed by atoms with Crippen LogP contribution in [0.2, 0.25) is 0 Å². The molecule has 0 bridgehead atoms. The summed E-state index contributed by atoms with van der Waals surface area (Å²) in [5.41, 5.74) is 0. The van der Waals surface area contributed by atoms with Gasteiger partial charge in [-0.3, -0.25) is 0 Å². The molecule has 0 spiro atoms. The van der Waals surface area contributed by atoms with Crippen molar-refractivity contribution in [1.82, 2.24) is 4.98 Å². The van der Waals surface area contributed by atoms with Gasteiger partial charge in [0.2, 0.25) is 0 Å². The van der Waals surface area contributed by atoms with Gasteiger partial charge in [0.05, 0.1) is 6.54 Å². The van der Waals surface area contributed by atoms with Crippen molar-refractivity contribution in [1.29, 1.82) is 0 Å². The van der Waals surface area contributed by atoms with Crippen molar-refractivity contribution in [2.24, 2.45) is 0 Å². The van der Waals surface area contributed by atoms with E-state index in [4.69, 9.17) is 0 Å². The molecule has 2 aromatic heterocycles. The van der Waals surface area contributed by atoms with Crippen LogP contribution in [0, 0.1) is 0 Å². The third-order valence-corrected chi connectivity index (χ3v) is 3.03. The maximum absolute atomic E-state index is 4.13. The molecule has 0 aliphatic carbocycles. The van der Waals surface area contributed by atoms with Gasteiger partial charge < -0.3 is 5.32 Å². The van der Waals surface area contributed by atoms with Crippen LogP contribution in [0.25, 0.3) is 0 Å². The lowest BCUT2D eigenvalue weighted by Gasteiger charge is -1.97. The van der Waals surface area contributed by atoms with Crippen molar-refractivity contribution in [2.45, 2.75) is 6.54 Å². The summed E-state index contributed by atoms with van der Waals surface area (Å²) in [4.78, 5) is 5.47. The van der Waals surface area contributed by atoms with Crippen LogP contribution in [0.4, 0.5) is 5.13 Å². The van der Waals surface area contributed by atoms with Crippen LogP contribution >= 0.6 is 22.7 Å². The molecule has 0 radical (unpaired) electrons. The largest absolute Gasteiger partial charge is 0.357 e. The molecule has 0 saturated heterocycles. The number of nitrogens with one attached hydrogen (secondary N) is 1. The zero-order chi connectivity index (χ0) is 8.23. The van der Waals surface area contributed by atoms with Gasteiger partial charge in [0.15, 0.2) is 5.13 Å². The first-order valence-electron chi connectivity index (χ1n) is 3.61. The lowest BCUT2D eigenvalue weighted by molar-refractivity contribution is 1.17. The molecule has 62 valence electrons. The van der Waals surface area contributed by atoms with Gasteiger partial charge in [-0.05, 0) is 11.4 Å². The Labute approximate surface area is 78.9 Å². The average Bonchev–Trinajstić information content (AvgIpc) is 2.74. The lowest BCUT2D eigenvalue weighted by atomic mass is 10.5. The van der Waals surface area contributed by atoms with Gasteiger partial charge in [-0.15, -0.1) is 22.7 Å². The van der Waals surface area contributed by atoms with Crippen LogP contribution in [0.15, 0.2) is 29.1 Å². The highest BCUT2D eigenvalue weighted by Crippen LogP contribution is 2.14. The summed E-state index contributed by atoms with van der Waals surface area (Å²) >= 11 is 3.39. The summed E-state index contributed by atoms with van der Waals surface area (Å²) < 4.78 is 0. The Bertz CT molecular complexity index is 278. The number of rotatable bonds is 3. The van der Waals surface area contributed by atoms with Crippen LogP contribution in [-0.2, 0) is 6.54 Å². The molecule has 0 saturated carbocycles. The van der Waals surface area contributed by atoms with E-state index in [0.717, 1.165) is 11.7 Å². The Balaban J connectivity index is 1.91. The Morgan fingerprint density at radius 3 is 3.00 bits per heavy atom.